The quantitative estimate of drug-likeness (QED) is 0.895. The topological polar surface area (TPSA) is 29.5 Å². The lowest BCUT2D eigenvalue weighted by molar-refractivity contribution is -0.274. The molecule has 0 radical (unpaired) electrons. The zero-order chi connectivity index (χ0) is 13.3. The van der Waals surface area contributed by atoms with Gasteiger partial charge < -0.3 is 9.84 Å². The zero-order valence-electron chi connectivity index (χ0n) is 9.70. The second-order valence-corrected chi connectivity index (χ2v) is 5.34. The lowest BCUT2D eigenvalue weighted by Gasteiger charge is -2.29. The summed E-state index contributed by atoms with van der Waals surface area (Å²) in [7, 11) is 0. The molecule has 6 heteroatoms. The predicted molar refractivity (Wildman–Crippen MR) is 63.5 cm³/mol. The molecule has 0 amide bonds. The van der Waals surface area contributed by atoms with Gasteiger partial charge in [0, 0.05) is 11.0 Å². The number of fused-ring (bicyclic) bond motifs is 1. The number of rotatable bonds is 2. The van der Waals surface area contributed by atoms with E-state index in [-0.39, 0.29) is 11.0 Å². The summed E-state index contributed by atoms with van der Waals surface area (Å²) < 4.78 is 40.2. The number of alkyl halides is 3. The largest absolute Gasteiger partial charge is 0.573 e. The Bertz CT molecular complexity index is 434. The molecule has 0 saturated carbocycles. The first-order valence-electron chi connectivity index (χ1n) is 5.59. The van der Waals surface area contributed by atoms with E-state index < -0.39 is 12.5 Å². The Labute approximate surface area is 107 Å². The fourth-order valence-electron chi connectivity index (χ4n) is 2.01. The van der Waals surface area contributed by atoms with E-state index in [1.807, 2.05) is 6.92 Å². The lowest BCUT2D eigenvalue weighted by Crippen LogP contribution is -2.21. The second-order valence-electron chi connectivity index (χ2n) is 4.11. The van der Waals surface area contributed by atoms with Gasteiger partial charge >= 0.3 is 6.36 Å². The van der Waals surface area contributed by atoms with Gasteiger partial charge in [-0.2, -0.15) is 11.8 Å². The number of ether oxygens (including phenoxy) is 1. The highest BCUT2D eigenvalue weighted by Gasteiger charge is 2.33. The third-order valence-electron chi connectivity index (χ3n) is 2.88. The van der Waals surface area contributed by atoms with Crippen molar-refractivity contribution < 1.29 is 23.0 Å². The van der Waals surface area contributed by atoms with Crippen LogP contribution in [0.2, 0.25) is 0 Å². The van der Waals surface area contributed by atoms with Gasteiger partial charge in [0.15, 0.2) is 0 Å². The van der Waals surface area contributed by atoms with E-state index >= 15 is 0 Å². The van der Waals surface area contributed by atoms with Crippen LogP contribution >= 0.6 is 11.8 Å². The summed E-state index contributed by atoms with van der Waals surface area (Å²) >= 11 is 1.62. The SMILES string of the molecule is CCC1SCc2ccc(OC(F)(F)F)cc2C1O. The number of hydrogen-bond acceptors (Lipinski definition) is 3. The summed E-state index contributed by atoms with van der Waals surface area (Å²) in [5.74, 6) is 0.430. The van der Waals surface area contributed by atoms with Gasteiger partial charge in [-0.3, -0.25) is 0 Å². The van der Waals surface area contributed by atoms with Crippen LogP contribution in [0.5, 0.6) is 5.75 Å². The highest BCUT2D eigenvalue weighted by molar-refractivity contribution is 7.99. The highest BCUT2D eigenvalue weighted by atomic mass is 32.2. The second kappa shape index (κ2) is 5.01. The van der Waals surface area contributed by atoms with Crippen LogP contribution in [0.1, 0.15) is 30.6 Å². The van der Waals surface area contributed by atoms with Crippen LogP contribution < -0.4 is 4.74 Å². The molecule has 1 aromatic carbocycles. The van der Waals surface area contributed by atoms with Crippen LogP contribution in [-0.4, -0.2) is 16.7 Å². The summed E-state index contributed by atoms with van der Waals surface area (Å²) in [5, 5.41) is 10.1. The minimum atomic E-state index is -4.70. The standard InChI is InChI=1S/C12H13F3O2S/c1-2-10-11(16)9-5-8(17-12(13,14)15)4-3-7(9)6-18-10/h3-5,10-11,16H,2,6H2,1H3. The smallest absolute Gasteiger partial charge is 0.406 e. The molecule has 1 N–H and O–H groups in total. The first kappa shape index (κ1) is 13.5. The third-order valence-corrected chi connectivity index (χ3v) is 4.37. The normalized spacial score (nSPS) is 23.6. The Morgan fingerprint density at radius 2 is 2.17 bits per heavy atom. The molecule has 0 saturated heterocycles. The van der Waals surface area contributed by atoms with Crippen molar-refractivity contribution in [3.8, 4) is 5.75 Å². The molecule has 1 aromatic rings. The number of hydrogen-bond donors (Lipinski definition) is 1. The van der Waals surface area contributed by atoms with E-state index in [0.29, 0.717) is 11.3 Å². The summed E-state index contributed by atoms with van der Waals surface area (Å²) in [4.78, 5) is 0. The van der Waals surface area contributed by atoms with Crippen LogP contribution in [0.4, 0.5) is 13.2 Å². The number of halogens is 3. The van der Waals surface area contributed by atoms with Crippen molar-refractivity contribution in [3.05, 3.63) is 29.3 Å². The van der Waals surface area contributed by atoms with Crippen LogP contribution in [-0.2, 0) is 5.75 Å². The van der Waals surface area contributed by atoms with E-state index in [1.165, 1.54) is 12.1 Å². The number of aliphatic hydroxyl groups excluding tert-OH is 1. The maximum absolute atomic E-state index is 12.1. The molecule has 100 valence electrons. The highest BCUT2D eigenvalue weighted by Crippen LogP contribution is 2.40. The fraction of sp³-hybridized carbons (Fsp3) is 0.500. The fourth-order valence-corrected chi connectivity index (χ4v) is 3.23. The first-order valence-corrected chi connectivity index (χ1v) is 6.64. The maximum Gasteiger partial charge on any atom is 0.573 e. The van der Waals surface area contributed by atoms with Crippen LogP contribution in [0.25, 0.3) is 0 Å². The van der Waals surface area contributed by atoms with Gasteiger partial charge in [-0.15, -0.1) is 13.2 Å². The third kappa shape index (κ3) is 2.92. The Morgan fingerprint density at radius 3 is 2.78 bits per heavy atom. The predicted octanol–water partition coefficient (Wildman–Crippen LogP) is 3.64. The molecule has 2 nitrogen and oxygen atoms in total. The summed E-state index contributed by atoms with van der Waals surface area (Å²) in [6.07, 6.45) is -4.66. The van der Waals surface area contributed by atoms with Gasteiger partial charge in [-0.25, -0.2) is 0 Å². The van der Waals surface area contributed by atoms with Gasteiger partial charge in [0.25, 0.3) is 0 Å². The Hall–Kier alpha value is -0.880. The van der Waals surface area contributed by atoms with Crippen molar-refractivity contribution in [3.63, 3.8) is 0 Å². The molecule has 2 unspecified atom stereocenters. The summed E-state index contributed by atoms with van der Waals surface area (Å²) in [6.45, 7) is 1.95. The van der Waals surface area contributed by atoms with Gasteiger partial charge in [0.05, 0.1) is 6.10 Å². The minimum absolute atomic E-state index is 0.0265. The number of thioether (sulfide) groups is 1. The zero-order valence-corrected chi connectivity index (χ0v) is 10.5. The van der Waals surface area contributed by atoms with Crippen LogP contribution in [0, 0.1) is 0 Å². The van der Waals surface area contributed by atoms with Gasteiger partial charge in [0.1, 0.15) is 5.75 Å². The minimum Gasteiger partial charge on any atom is -0.406 e. The van der Waals surface area contributed by atoms with Gasteiger partial charge in [-0.1, -0.05) is 13.0 Å². The molecule has 2 rings (SSSR count). The Balaban J connectivity index is 2.27. The van der Waals surface area contributed by atoms with Crippen LogP contribution in [0.15, 0.2) is 18.2 Å². The van der Waals surface area contributed by atoms with Crippen molar-refractivity contribution in [2.75, 3.05) is 0 Å². The molecular weight excluding hydrogens is 265 g/mol. The molecule has 2 atom stereocenters. The van der Waals surface area contributed by atoms with Crippen molar-refractivity contribution >= 4 is 11.8 Å². The average Bonchev–Trinajstić information content (AvgIpc) is 2.28. The summed E-state index contributed by atoms with van der Waals surface area (Å²) in [6, 6.07) is 4.15. The van der Waals surface area contributed by atoms with Gasteiger partial charge in [0.2, 0.25) is 0 Å². The average molecular weight is 278 g/mol. The molecule has 1 heterocycles. The maximum atomic E-state index is 12.1. The van der Waals surface area contributed by atoms with E-state index in [4.69, 9.17) is 0 Å². The van der Waals surface area contributed by atoms with Crippen molar-refractivity contribution in [1.29, 1.82) is 0 Å². The molecule has 0 aromatic heterocycles. The first-order chi connectivity index (χ1) is 8.40. The van der Waals surface area contributed by atoms with Crippen molar-refractivity contribution in [2.45, 2.75) is 36.8 Å². The molecule has 0 aliphatic carbocycles. The number of aliphatic hydroxyl groups is 1. The lowest BCUT2D eigenvalue weighted by atomic mass is 9.99. The van der Waals surface area contributed by atoms with Crippen molar-refractivity contribution in [1.82, 2.24) is 0 Å². The van der Waals surface area contributed by atoms with E-state index in [0.717, 1.165) is 12.0 Å². The molecule has 1 aliphatic heterocycles. The van der Waals surface area contributed by atoms with E-state index in [1.54, 1.807) is 17.8 Å². The molecule has 1 aliphatic rings. The van der Waals surface area contributed by atoms with Crippen molar-refractivity contribution in [2.24, 2.45) is 0 Å². The molecule has 0 spiro atoms. The molecule has 0 fully saturated rings. The monoisotopic (exact) mass is 278 g/mol. The Kier molecular flexibility index (Phi) is 3.77. The molecular formula is C12H13F3O2S. The molecule has 0 bridgehead atoms. The van der Waals surface area contributed by atoms with E-state index in [9.17, 15) is 18.3 Å². The van der Waals surface area contributed by atoms with Crippen LogP contribution in [0.3, 0.4) is 0 Å². The number of benzene rings is 1. The van der Waals surface area contributed by atoms with E-state index in [2.05, 4.69) is 4.74 Å². The Morgan fingerprint density at radius 1 is 1.44 bits per heavy atom. The molecule has 18 heavy (non-hydrogen) atoms. The summed E-state index contributed by atoms with van der Waals surface area (Å²) in [5.41, 5.74) is 1.41. The van der Waals surface area contributed by atoms with Gasteiger partial charge in [-0.05, 0) is 29.7 Å².